The summed E-state index contributed by atoms with van der Waals surface area (Å²) >= 11 is 1.25. The summed E-state index contributed by atoms with van der Waals surface area (Å²) in [6.07, 6.45) is -3.32. The highest BCUT2D eigenvalue weighted by molar-refractivity contribution is 7.89. The monoisotopic (exact) mass is 546 g/mol. The number of thiazole rings is 1. The molecule has 1 aliphatic heterocycles. The number of nitrogens with zero attached hydrogens (tertiary/aromatic N) is 5. The molecule has 4 rings (SSSR count). The van der Waals surface area contributed by atoms with E-state index in [1.807, 2.05) is 13.8 Å². The van der Waals surface area contributed by atoms with Crippen molar-refractivity contribution in [1.29, 1.82) is 0 Å². The number of aromatic nitrogens is 3. The van der Waals surface area contributed by atoms with E-state index in [1.54, 1.807) is 11.1 Å². The van der Waals surface area contributed by atoms with Gasteiger partial charge in [-0.05, 0) is 38.1 Å². The Morgan fingerprint density at radius 3 is 2.53 bits per heavy atom. The quantitative estimate of drug-likeness (QED) is 0.455. The minimum atomic E-state index is -4.93. The van der Waals surface area contributed by atoms with Crippen LogP contribution in [-0.4, -0.2) is 76.8 Å². The molecule has 0 amide bonds. The molecule has 0 saturated carbocycles. The number of benzene rings is 1. The Morgan fingerprint density at radius 2 is 1.92 bits per heavy atom. The summed E-state index contributed by atoms with van der Waals surface area (Å²) in [7, 11) is -4.32. The number of alkyl halides is 3. The predicted molar refractivity (Wildman–Crippen MR) is 125 cm³/mol. The van der Waals surface area contributed by atoms with Gasteiger partial charge in [-0.15, -0.1) is 13.2 Å². The van der Waals surface area contributed by atoms with Crippen molar-refractivity contribution in [2.24, 2.45) is 0 Å². The molecule has 2 aromatic heterocycles. The second-order valence-corrected chi connectivity index (χ2v) is 11.0. The molecular weight excluding hydrogens is 525 g/mol. The van der Waals surface area contributed by atoms with E-state index in [1.165, 1.54) is 11.3 Å². The number of hydrogen-bond acceptors (Lipinski definition) is 10. The number of nitrogens with one attached hydrogen (secondary N) is 1. The van der Waals surface area contributed by atoms with E-state index >= 15 is 0 Å². The minimum absolute atomic E-state index is 0.111. The van der Waals surface area contributed by atoms with Gasteiger partial charge in [0.25, 0.3) is 0 Å². The normalized spacial score (nSPS) is 17.5. The van der Waals surface area contributed by atoms with Crippen molar-refractivity contribution in [3.8, 4) is 5.75 Å². The number of fused-ring (bicyclic) bond motifs is 1. The van der Waals surface area contributed by atoms with Crippen molar-refractivity contribution >= 4 is 48.8 Å². The fourth-order valence-corrected chi connectivity index (χ4v) is 6.04. The minimum Gasteiger partial charge on any atom is -0.480 e. The van der Waals surface area contributed by atoms with E-state index in [0.717, 1.165) is 28.6 Å². The number of anilines is 2. The average Bonchev–Trinajstić information content (AvgIpc) is 3.21. The van der Waals surface area contributed by atoms with E-state index < -0.39 is 34.1 Å². The molecule has 1 aromatic carbocycles. The highest BCUT2D eigenvalue weighted by atomic mass is 32.2. The number of ether oxygens (including phenoxy) is 1. The smallest absolute Gasteiger partial charge is 0.480 e. The molecule has 1 aliphatic rings. The van der Waals surface area contributed by atoms with E-state index in [4.69, 9.17) is 0 Å². The standard InChI is InChI=1S/C20H21F3N6O5S2/c1-11(2)25-18-24-9-15-16(26-18)27-19(35-15)28-7-8-29(14(10-28)17(30)31)36(32,33)13-5-3-12(4-6-13)34-20(21,22)23/h3-6,9,11,14H,7-8,10H2,1-2H3,(H,30,31)(H,24,25,26)/t14-/m1/s1. The maximum Gasteiger partial charge on any atom is 0.573 e. The van der Waals surface area contributed by atoms with Crippen LogP contribution in [0.3, 0.4) is 0 Å². The third-order valence-electron chi connectivity index (χ3n) is 5.11. The van der Waals surface area contributed by atoms with Crippen LogP contribution in [0.15, 0.2) is 35.4 Å². The molecule has 1 atom stereocenters. The molecule has 0 bridgehead atoms. The maximum atomic E-state index is 13.2. The summed E-state index contributed by atoms with van der Waals surface area (Å²) in [5.74, 6) is -1.56. The first-order chi connectivity index (χ1) is 16.8. The van der Waals surface area contributed by atoms with E-state index in [0.29, 0.717) is 21.4 Å². The summed E-state index contributed by atoms with van der Waals surface area (Å²) in [6, 6.07) is 2.26. The third-order valence-corrected chi connectivity index (χ3v) is 8.07. The molecule has 2 N–H and O–H groups in total. The van der Waals surface area contributed by atoms with Crippen LogP contribution in [0.2, 0.25) is 0 Å². The van der Waals surface area contributed by atoms with Gasteiger partial charge >= 0.3 is 12.3 Å². The number of carboxylic acids is 1. The Balaban J connectivity index is 1.55. The molecule has 16 heteroatoms. The van der Waals surface area contributed by atoms with Gasteiger partial charge in [0.2, 0.25) is 16.0 Å². The first-order valence-electron chi connectivity index (χ1n) is 10.6. The average molecular weight is 547 g/mol. The Kier molecular flexibility index (Phi) is 6.94. The van der Waals surface area contributed by atoms with Crippen molar-refractivity contribution in [3.05, 3.63) is 30.5 Å². The largest absolute Gasteiger partial charge is 0.573 e. The van der Waals surface area contributed by atoms with Gasteiger partial charge < -0.3 is 20.1 Å². The topological polar surface area (TPSA) is 138 Å². The van der Waals surface area contributed by atoms with Crippen molar-refractivity contribution in [1.82, 2.24) is 19.3 Å². The molecular formula is C20H21F3N6O5S2. The van der Waals surface area contributed by atoms with Crippen molar-refractivity contribution < 1.29 is 36.2 Å². The Morgan fingerprint density at radius 1 is 1.22 bits per heavy atom. The van der Waals surface area contributed by atoms with Gasteiger partial charge in [-0.25, -0.2) is 13.4 Å². The van der Waals surface area contributed by atoms with Gasteiger partial charge in [0, 0.05) is 25.7 Å². The van der Waals surface area contributed by atoms with Crippen LogP contribution in [0.1, 0.15) is 13.8 Å². The highest BCUT2D eigenvalue weighted by Gasteiger charge is 2.41. The lowest BCUT2D eigenvalue weighted by atomic mass is 10.2. The zero-order valence-electron chi connectivity index (χ0n) is 18.9. The fourth-order valence-electron chi connectivity index (χ4n) is 3.57. The molecule has 0 spiro atoms. The van der Waals surface area contributed by atoms with Gasteiger partial charge in [-0.3, -0.25) is 4.79 Å². The zero-order valence-corrected chi connectivity index (χ0v) is 20.6. The predicted octanol–water partition coefficient (Wildman–Crippen LogP) is 2.77. The van der Waals surface area contributed by atoms with Crippen LogP contribution in [0.4, 0.5) is 24.3 Å². The second kappa shape index (κ2) is 9.67. The van der Waals surface area contributed by atoms with Crippen LogP contribution in [-0.2, 0) is 14.8 Å². The number of hydrogen-bond donors (Lipinski definition) is 2. The molecule has 36 heavy (non-hydrogen) atoms. The lowest BCUT2D eigenvalue weighted by Gasteiger charge is -2.38. The summed E-state index contributed by atoms with van der Waals surface area (Å²) in [6.45, 7) is 3.65. The zero-order chi connectivity index (χ0) is 26.3. The molecule has 11 nitrogen and oxygen atoms in total. The van der Waals surface area contributed by atoms with Crippen LogP contribution in [0.5, 0.6) is 5.75 Å². The second-order valence-electron chi connectivity index (χ2n) is 8.11. The van der Waals surface area contributed by atoms with Gasteiger partial charge in [0.05, 0.1) is 15.8 Å². The van der Waals surface area contributed by atoms with E-state index in [9.17, 15) is 31.5 Å². The number of rotatable bonds is 7. The lowest BCUT2D eigenvalue weighted by Crippen LogP contribution is -2.58. The first-order valence-corrected chi connectivity index (χ1v) is 12.8. The number of carboxylic acid groups (broad SMARTS) is 1. The highest BCUT2D eigenvalue weighted by Crippen LogP contribution is 2.32. The summed E-state index contributed by atoms with van der Waals surface area (Å²) in [5, 5.41) is 13.3. The van der Waals surface area contributed by atoms with Gasteiger partial charge in [-0.2, -0.15) is 14.3 Å². The Hall–Kier alpha value is -3.24. The Labute approximate surface area is 207 Å². The molecule has 0 radical (unpaired) electrons. The van der Waals surface area contributed by atoms with E-state index in [-0.39, 0.29) is 30.6 Å². The first kappa shape index (κ1) is 25.8. The van der Waals surface area contributed by atoms with Crippen LogP contribution in [0, 0.1) is 0 Å². The summed E-state index contributed by atoms with van der Waals surface area (Å²) in [4.78, 5) is 26.4. The van der Waals surface area contributed by atoms with Crippen molar-refractivity contribution in [2.45, 2.75) is 37.2 Å². The van der Waals surface area contributed by atoms with Crippen molar-refractivity contribution in [2.75, 3.05) is 29.9 Å². The summed E-state index contributed by atoms with van der Waals surface area (Å²) in [5.41, 5.74) is 0.427. The number of halogens is 3. The lowest BCUT2D eigenvalue weighted by molar-refractivity contribution is -0.274. The molecule has 0 unspecified atom stereocenters. The maximum absolute atomic E-state index is 13.2. The molecule has 1 saturated heterocycles. The number of sulfonamides is 1. The summed E-state index contributed by atoms with van der Waals surface area (Å²) < 4.78 is 68.7. The SMILES string of the molecule is CC(C)Nc1ncc2sc(N3CCN(S(=O)(=O)c4ccc(OC(F)(F)F)cc4)[C@@H](C(=O)O)C3)nc2n1. The fraction of sp³-hybridized carbons (Fsp3) is 0.400. The molecule has 3 aromatic rings. The molecule has 0 aliphatic carbocycles. The van der Waals surface area contributed by atoms with Gasteiger partial charge in [-0.1, -0.05) is 11.3 Å². The molecule has 1 fully saturated rings. The molecule has 194 valence electrons. The van der Waals surface area contributed by atoms with Crippen LogP contribution >= 0.6 is 11.3 Å². The van der Waals surface area contributed by atoms with Gasteiger partial charge in [0.1, 0.15) is 11.8 Å². The van der Waals surface area contributed by atoms with Crippen LogP contribution in [0.25, 0.3) is 10.3 Å². The van der Waals surface area contributed by atoms with E-state index in [2.05, 4.69) is 25.0 Å². The number of piperazine rings is 1. The van der Waals surface area contributed by atoms with Crippen molar-refractivity contribution in [3.63, 3.8) is 0 Å². The third kappa shape index (κ3) is 5.60. The Bertz CT molecular complexity index is 1360. The number of carbonyl (C=O) groups is 1. The molecule has 3 heterocycles. The van der Waals surface area contributed by atoms with Crippen LogP contribution < -0.4 is 15.0 Å². The number of aliphatic carboxylic acids is 1. The van der Waals surface area contributed by atoms with Gasteiger partial charge in [0.15, 0.2) is 10.8 Å².